The van der Waals surface area contributed by atoms with Gasteiger partial charge in [0.1, 0.15) is 0 Å². The lowest BCUT2D eigenvalue weighted by Crippen LogP contribution is -2.25. The maximum atomic E-state index is 12.0. The molecule has 1 aliphatic carbocycles. The second-order valence-corrected chi connectivity index (χ2v) is 6.32. The van der Waals surface area contributed by atoms with Gasteiger partial charge in [0.2, 0.25) is 10.0 Å². The highest BCUT2D eigenvalue weighted by atomic mass is 32.2. The number of benzene rings is 1. The molecular formula is C11H14N6O2S. The highest BCUT2D eigenvalue weighted by Crippen LogP contribution is 2.22. The molecule has 0 bridgehead atoms. The van der Waals surface area contributed by atoms with Crippen LogP contribution in [0.5, 0.6) is 0 Å². The molecule has 1 aromatic carbocycles. The van der Waals surface area contributed by atoms with Crippen LogP contribution >= 0.6 is 0 Å². The summed E-state index contributed by atoms with van der Waals surface area (Å²) < 4.78 is 26.6. The molecular weight excluding hydrogens is 280 g/mol. The number of aromatic amines is 1. The van der Waals surface area contributed by atoms with Crippen LogP contribution in [0.3, 0.4) is 0 Å². The SMILES string of the molecule is O=S(=O)(NC1CC1)c1ccc(NCc2nn[nH]n2)cc1. The van der Waals surface area contributed by atoms with Crippen molar-refractivity contribution in [3.8, 4) is 0 Å². The second-order valence-electron chi connectivity index (χ2n) is 4.60. The number of nitrogens with one attached hydrogen (secondary N) is 3. The normalized spacial score (nSPS) is 15.2. The van der Waals surface area contributed by atoms with Crippen molar-refractivity contribution in [3.63, 3.8) is 0 Å². The van der Waals surface area contributed by atoms with Crippen molar-refractivity contribution in [1.29, 1.82) is 0 Å². The lowest BCUT2D eigenvalue weighted by Gasteiger charge is -2.07. The van der Waals surface area contributed by atoms with Gasteiger partial charge >= 0.3 is 0 Å². The van der Waals surface area contributed by atoms with Crippen molar-refractivity contribution < 1.29 is 8.42 Å². The van der Waals surface area contributed by atoms with E-state index in [-0.39, 0.29) is 10.9 Å². The average Bonchev–Trinajstić information content (AvgIpc) is 3.08. The molecule has 3 N–H and O–H groups in total. The number of nitrogens with zero attached hydrogens (tertiary/aromatic N) is 3. The topological polar surface area (TPSA) is 113 Å². The number of tetrazole rings is 1. The third-order valence-electron chi connectivity index (χ3n) is 2.90. The highest BCUT2D eigenvalue weighted by Gasteiger charge is 2.27. The van der Waals surface area contributed by atoms with Gasteiger partial charge in [-0.2, -0.15) is 5.21 Å². The van der Waals surface area contributed by atoms with Gasteiger partial charge in [0.25, 0.3) is 0 Å². The molecule has 3 rings (SSSR count). The number of rotatable bonds is 6. The van der Waals surface area contributed by atoms with Gasteiger partial charge in [-0.15, -0.1) is 10.2 Å². The molecule has 1 aliphatic rings. The summed E-state index contributed by atoms with van der Waals surface area (Å²) in [5, 5.41) is 16.5. The van der Waals surface area contributed by atoms with Crippen LogP contribution in [0, 0.1) is 0 Å². The third-order valence-corrected chi connectivity index (χ3v) is 4.44. The zero-order chi connectivity index (χ0) is 14.0. The first-order valence-electron chi connectivity index (χ1n) is 6.22. The molecule has 0 radical (unpaired) electrons. The van der Waals surface area contributed by atoms with E-state index in [1.54, 1.807) is 24.3 Å². The minimum atomic E-state index is -3.39. The minimum absolute atomic E-state index is 0.107. The number of sulfonamides is 1. The molecule has 20 heavy (non-hydrogen) atoms. The van der Waals surface area contributed by atoms with Gasteiger partial charge in [-0.3, -0.25) is 0 Å². The van der Waals surface area contributed by atoms with E-state index in [0.29, 0.717) is 12.4 Å². The van der Waals surface area contributed by atoms with E-state index in [0.717, 1.165) is 18.5 Å². The summed E-state index contributed by atoms with van der Waals surface area (Å²) in [6.45, 7) is 0.420. The summed E-state index contributed by atoms with van der Waals surface area (Å²) in [5.41, 5.74) is 0.792. The Bertz CT molecular complexity index is 663. The Balaban J connectivity index is 1.64. The van der Waals surface area contributed by atoms with Gasteiger partial charge in [-0.25, -0.2) is 13.1 Å². The summed E-state index contributed by atoms with van der Waals surface area (Å²) in [6, 6.07) is 6.67. The van der Waals surface area contributed by atoms with Gasteiger partial charge in [-0.1, -0.05) is 5.21 Å². The fourth-order valence-corrected chi connectivity index (χ4v) is 2.98. The maximum Gasteiger partial charge on any atom is 0.240 e. The average molecular weight is 294 g/mol. The number of anilines is 1. The van der Waals surface area contributed by atoms with Crippen LogP contribution in [0.1, 0.15) is 18.7 Å². The number of hydrogen-bond acceptors (Lipinski definition) is 6. The number of hydrogen-bond donors (Lipinski definition) is 3. The molecule has 1 aromatic heterocycles. The molecule has 0 saturated heterocycles. The molecule has 9 heteroatoms. The monoisotopic (exact) mass is 294 g/mol. The molecule has 1 fully saturated rings. The molecule has 8 nitrogen and oxygen atoms in total. The van der Waals surface area contributed by atoms with Gasteiger partial charge in [0.05, 0.1) is 11.4 Å². The Morgan fingerprint density at radius 1 is 1.25 bits per heavy atom. The molecule has 0 aliphatic heterocycles. The van der Waals surface area contributed by atoms with E-state index in [1.807, 2.05) is 0 Å². The first-order chi connectivity index (χ1) is 9.63. The molecule has 0 spiro atoms. The van der Waals surface area contributed by atoms with Gasteiger partial charge < -0.3 is 5.32 Å². The van der Waals surface area contributed by atoms with Crippen LogP contribution in [-0.2, 0) is 16.6 Å². The molecule has 106 valence electrons. The zero-order valence-corrected chi connectivity index (χ0v) is 11.4. The van der Waals surface area contributed by atoms with Crippen LogP contribution in [0.15, 0.2) is 29.2 Å². The summed E-state index contributed by atoms with van der Waals surface area (Å²) in [4.78, 5) is 0.273. The lowest BCUT2D eigenvalue weighted by atomic mass is 10.3. The quantitative estimate of drug-likeness (QED) is 0.704. The van der Waals surface area contributed by atoms with E-state index < -0.39 is 10.0 Å². The highest BCUT2D eigenvalue weighted by molar-refractivity contribution is 7.89. The van der Waals surface area contributed by atoms with E-state index in [1.165, 1.54) is 0 Å². The predicted octanol–water partition coefficient (Wildman–Crippen LogP) is 0.252. The molecule has 1 heterocycles. The summed E-state index contributed by atoms with van der Waals surface area (Å²) in [7, 11) is -3.39. The van der Waals surface area contributed by atoms with Crippen molar-refractivity contribution >= 4 is 15.7 Å². The summed E-state index contributed by atoms with van der Waals surface area (Å²) in [6.07, 6.45) is 1.84. The van der Waals surface area contributed by atoms with E-state index >= 15 is 0 Å². The fraction of sp³-hybridized carbons (Fsp3) is 0.364. The van der Waals surface area contributed by atoms with Gasteiger partial charge in [-0.05, 0) is 37.1 Å². The Morgan fingerprint density at radius 2 is 2.00 bits per heavy atom. The minimum Gasteiger partial charge on any atom is -0.378 e. The van der Waals surface area contributed by atoms with Crippen LogP contribution in [-0.4, -0.2) is 35.1 Å². The molecule has 2 aromatic rings. The Hall–Kier alpha value is -2.00. The van der Waals surface area contributed by atoms with Crippen molar-refractivity contribution in [2.45, 2.75) is 30.3 Å². The number of H-pyrrole nitrogens is 1. The molecule has 1 saturated carbocycles. The smallest absolute Gasteiger partial charge is 0.240 e. The van der Waals surface area contributed by atoms with Crippen molar-refractivity contribution in [2.75, 3.05) is 5.32 Å². The Morgan fingerprint density at radius 3 is 2.60 bits per heavy atom. The molecule has 0 unspecified atom stereocenters. The first kappa shape index (κ1) is 13.0. The molecule has 0 amide bonds. The van der Waals surface area contributed by atoms with Crippen LogP contribution in [0.2, 0.25) is 0 Å². The van der Waals surface area contributed by atoms with Crippen molar-refractivity contribution in [2.24, 2.45) is 0 Å². The number of aromatic nitrogens is 4. The van der Waals surface area contributed by atoms with Crippen LogP contribution < -0.4 is 10.0 Å². The maximum absolute atomic E-state index is 12.0. The summed E-state index contributed by atoms with van der Waals surface area (Å²) in [5.74, 6) is 0.539. The molecule has 0 atom stereocenters. The summed E-state index contributed by atoms with van der Waals surface area (Å²) >= 11 is 0. The third kappa shape index (κ3) is 3.11. The van der Waals surface area contributed by atoms with Crippen LogP contribution in [0.25, 0.3) is 0 Å². The predicted molar refractivity (Wildman–Crippen MR) is 71.3 cm³/mol. The zero-order valence-electron chi connectivity index (χ0n) is 10.6. The van der Waals surface area contributed by atoms with Gasteiger partial charge in [0, 0.05) is 11.7 Å². The standard InChI is InChI=1S/C11H14N6O2S/c18-20(19,15-9-1-2-9)10-5-3-8(4-6-10)12-7-11-13-16-17-14-11/h3-6,9,12,15H,1-2,7H2,(H,13,14,16,17). The van der Waals surface area contributed by atoms with E-state index in [4.69, 9.17) is 0 Å². The van der Waals surface area contributed by atoms with Crippen molar-refractivity contribution in [3.05, 3.63) is 30.1 Å². The van der Waals surface area contributed by atoms with E-state index in [9.17, 15) is 8.42 Å². The second kappa shape index (κ2) is 5.17. The Labute approximate surface area is 116 Å². The van der Waals surface area contributed by atoms with Gasteiger partial charge in [0.15, 0.2) is 5.82 Å². The van der Waals surface area contributed by atoms with Crippen molar-refractivity contribution in [1.82, 2.24) is 25.3 Å². The van der Waals surface area contributed by atoms with E-state index in [2.05, 4.69) is 30.7 Å². The lowest BCUT2D eigenvalue weighted by molar-refractivity contribution is 0.581. The first-order valence-corrected chi connectivity index (χ1v) is 7.70. The Kier molecular flexibility index (Phi) is 3.36. The largest absolute Gasteiger partial charge is 0.378 e. The fourth-order valence-electron chi connectivity index (χ4n) is 1.68. The van der Waals surface area contributed by atoms with Crippen LogP contribution in [0.4, 0.5) is 5.69 Å².